The average Bonchev–Trinajstić information content (AvgIpc) is 2.72. The third kappa shape index (κ3) is 3.11. The molecule has 1 aromatic rings. The second-order valence-electron chi connectivity index (χ2n) is 4.24. The Labute approximate surface area is 116 Å². The smallest absolute Gasteiger partial charge is 0.220 e. The van der Waals surface area contributed by atoms with Gasteiger partial charge in [-0.1, -0.05) is 23.8 Å². The zero-order valence-corrected chi connectivity index (χ0v) is 11.3. The first-order chi connectivity index (χ1) is 8.56. The number of benzene rings is 1. The summed E-state index contributed by atoms with van der Waals surface area (Å²) in [5.41, 5.74) is 7.10. The van der Waals surface area contributed by atoms with E-state index in [1.165, 1.54) is 0 Å². The SMILES string of the molecule is NC(=S)c1ccc(NCC2CCC(=O)N2)cc1Cl. The quantitative estimate of drug-likeness (QED) is 0.736. The number of carbonyl (C=O) groups excluding carboxylic acids is 1. The van der Waals surface area contributed by atoms with Crippen molar-refractivity contribution in [2.45, 2.75) is 18.9 Å². The molecule has 4 nitrogen and oxygen atoms in total. The lowest BCUT2D eigenvalue weighted by atomic mass is 10.2. The highest BCUT2D eigenvalue weighted by molar-refractivity contribution is 7.80. The maximum Gasteiger partial charge on any atom is 0.220 e. The summed E-state index contributed by atoms with van der Waals surface area (Å²) in [6.45, 7) is 0.689. The zero-order chi connectivity index (χ0) is 13.1. The van der Waals surface area contributed by atoms with Crippen LogP contribution in [-0.4, -0.2) is 23.5 Å². The van der Waals surface area contributed by atoms with Gasteiger partial charge in [-0.2, -0.15) is 0 Å². The number of carbonyl (C=O) groups is 1. The summed E-state index contributed by atoms with van der Waals surface area (Å²) in [4.78, 5) is 11.3. The summed E-state index contributed by atoms with van der Waals surface area (Å²) in [5.74, 6) is 0.115. The van der Waals surface area contributed by atoms with E-state index in [9.17, 15) is 4.79 Å². The molecule has 2 rings (SSSR count). The Balaban J connectivity index is 1.96. The molecule has 1 unspecified atom stereocenters. The summed E-state index contributed by atoms with van der Waals surface area (Å²) in [6.07, 6.45) is 1.47. The van der Waals surface area contributed by atoms with E-state index in [0.29, 0.717) is 23.6 Å². The number of nitrogens with one attached hydrogen (secondary N) is 2. The van der Waals surface area contributed by atoms with Gasteiger partial charge in [0.2, 0.25) is 5.91 Å². The molecule has 0 radical (unpaired) electrons. The van der Waals surface area contributed by atoms with Crippen molar-refractivity contribution in [1.82, 2.24) is 5.32 Å². The molecule has 1 saturated heterocycles. The molecule has 1 aliphatic heterocycles. The number of amides is 1. The fourth-order valence-corrected chi connectivity index (χ4v) is 2.41. The number of rotatable bonds is 4. The van der Waals surface area contributed by atoms with E-state index >= 15 is 0 Å². The lowest BCUT2D eigenvalue weighted by Crippen LogP contribution is -2.31. The summed E-state index contributed by atoms with van der Waals surface area (Å²) >= 11 is 10.9. The Bertz CT molecular complexity index is 492. The molecule has 1 fully saturated rings. The highest BCUT2D eigenvalue weighted by Gasteiger charge is 2.20. The first-order valence-corrected chi connectivity index (χ1v) is 6.47. The van der Waals surface area contributed by atoms with Gasteiger partial charge in [-0.3, -0.25) is 4.79 Å². The molecule has 1 aliphatic rings. The van der Waals surface area contributed by atoms with Crippen molar-refractivity contribution in [3.8, 4) is 0 Å². The van der Waals surface area contributed by atoms with Gasteiger partial charge in [0, 0.05) is 30.3 Å². The standard InChI is InChI=1S/C12H14ClN3OS/c13-10-5-7(1-3-9(10)12(14)18)15-6-8-2-4-11(17)16-8/h1,3,5,8,15H,2,4,6H2,(H2,14,18)(H,16,17). The van der Waals surface area contributed by atoms with Crippen LogP contribution in [0.15, 0.2) is 18.2 Å². The second kappa shape index (κ2) is 5.54. The van der Waals surface area contributed by atoms with E-state index in [1.807, 2.05) is 6.07 Å². The number of nitrogens with two attached hydrogens (primary N) is 1. The van der Waals surface area contributed by atoms with Gasteiger partial charge in [0.15, 0.2) is 0 Å². The van der Waals surface area contributed by atoms with Crippen molar-refractivity contribution in [2.75, 3.05) is 11.9 Å². The van der Waals surface area contributed by atoms with Gasteiger partial charge in [0.25, 0.3) is 0 Å². The number of halogens is 1. The fraction of sp³-hybridized carbons (Fsp3) is 0.333. The molecule has 1 amide bonds. The lowest BCUT2D eigenvalue weighted by molar-refractivity contribution is -0.119. The van der Waals surface area contributed by atoms with Gasteiger partial charge >= 0.3 is 0 Å². The maximum atomic E-state index is 11.1. The Hall–Kier alpha value is -1.33. The van der Waals surface area contributed by atoms with E-state index in [2.05, 4.69) is 10.6 Å². The molecule has 1 heterocycles. The van der Waals surface area contributed by atoms with Gasteiger partial charge in [0.05, 0.1) is 5.02 Å². The number of anilines is 1. The maximum absolute atomic E-state index is 11.1. The van der Waals surface area contributed by atoms with Crippen LogP contribution < -0.4 is 16.4 Å². The van der Waals surface area contributed by atoms with Crippen LogP contribution in [0.5, 0.6) is 0 Å². The molecular formula is C12H14ClN3OS. The van der Waals surface area contributed by atoms with Gasteiger partial charge in [-0.05, 0) is 24.6 Å². The number of hydrogen-bond acceptors (Lipinski definition) is 3. The molecule has 1 atom stereocenters. The lowest BCUT2D eigenvalue weighted by Gasteiger charge is -2.13. The minimum atomic E-state index is 0.115. The largest absolute Gasteiger partial charge is 0.389 e. The molecule has 96 valence electrons. The van der Waals surface area contributed by atoms with Crippen molar-refractivity contribution >= 4 is 40.4 Å². The zero-order valence-electron chi connectivity index (χ0n) is 9.70. The van der Waals surface area contributed by atoms with Crippen LogP contribution in [0, 0.1) is 0 Å². The van der Waals surface area contributed by atoms with Gasteiger partial charge < -0.3 is 16.4 Å². The Morgan fingerprint density at radius 3 is 2.94 bits per heavy atom. The Kier molecular flexibility index (Phi) is 4.04. The molecule has 18 heavy (non-hydrogen) atoms. The van der Waals surface area contributed by atoms with Crippen molar-refractivity contribution in [2.24, 2.45) is 5.73 Å². The van der Waals surface area contributed by atoms with Crippen LogP contribution >= 0.6 is 23.8 Å². The van der Waals surface area contributed by atoms with Crippen LogP contribution in [0.3, 0.4) is 0 Å². The Morgan fingerprint density at radius 2 is 2.39 bits per heavy atom. The first kappa shape index (κ1) is 13.1. The third-order valence-corrected chi connectivity index (χ3v) is 3.40. The van der Waals surface area contributed by atoms with Crippen LogP contribution in [0.25, 0.3) is 0 Å². The van der Waals surface area contributed by atoms with Crippen molar-refractivity contribution < 1.29 is 4.79 Å². The van der Waals surface area contributed by atoms with Crippen LogP contribution in [0.1, 0.15) is 18.4 Å². The predicted octanol–water partition coefficient (Wildman–Crippen LogP) is 1.66. The summed E-state index contributed by atoms with van der Waals surface area (Å²) < 4.78 is 0. The summed E-state index contributed by atoms with van der Waals surface area (Å²) in [7, 11) is 0. The highest BCUT2D eigenvalue weighted by atomic mass is 35.5. The highest BCUT2D eigenvalue weighted by Crippen LogP contribution is 2.21. The van der Waals surface area contributed by atoms with E-state index in [-0.39, 0.29) is 16.9 Å². The normalized spacial score (nSPS) is 18.5. The van der Waals surface area contributed by atoms with Crippen molar-refractivity contribution in [3.63, 3.8) is 0 Å². The van der Waals surface area contributed by atoms with Gasteiger partial charge in [0.1, 0.15) is 4.99 Å². The van der Waals surface area contributed by atoms with Gasteiger partial charge in [-0.25, -0.2) is 0 Å². The van der Waals surface area contributed by atoms with Crippen molar-refractivity contribution in [1.29, 1.82) is 0 Å². The van der Waals surface area contributed by atoms with Crippen molar-refractivity contribution in [3.05, 3.63) is 28.8 Å². The first-order valence-electron chi connectivity index (χ1n) is 5.69. The monoisotopic (exact) mass is 283 g/mol. The molecule has 1 aromatic carbocycles. The van der Waals surface area contributed by atoms with Crippen LogP contribution in [0.2, 0.25) is 5.02 Å². The van der Waals surface area contributed by atoms with E-state index in [1.54, 1.807) is 12.1 Å². The summed E-state index contributed by atoms with van der Waals surface area (Å²) in [5, 5.41) is 6.65. The molecule has 0 spiro atoms. The molecule has 6 heteroatoms. The van der Waals surface area contributed by atoms with Crippen LogP contribution in [0.4, 0.5) is 5.69 Å². The molecule has 0 bridgehead atoms. The predicted molar refractivity (Wildman–Crippen MR) is 77.0 cm³/mol. The van der Waals surface area contributed by atoms with E-state index in [0.717, 1.165) is 12.1 Å². The number of hydrogen-bond donors (Lipinski definition) is 3. The van der Waals surface area contributed by atoms with Gasteiger partial charge in [-0.15, -0.1) is 0 Å². The Morgan fingerprint density at radius 1 is 1.61 bits per heavy atom. The fourth-order valence-electron chi connectivity index (χ4n) is 1.90. The average molecular weight is 284 g/mol. The molecule has 0 saturated carbocycles. The number of thiocarbonyl (C=S) groups is 1. The minimum absolute atomic E-state index is 0.115. The summed E-state index contributed by atoms with van der Waals surface area (Å²) in [6, 6.07) is 5.64. The second-order valence-corrected chi connectivity index (χ2v) is 5.09. The van der Waals surface area contributed by atoms with E-state index < -0.39 is 0 Å². The minimum Gasteiger partial charge on any atom is -0.389 e. The molecule has 4 N–H and O–H groups in total. The topological polar surface area (TPSA) is 67.1 Å². The molecule has 0 aromatic heterocycles. The van der Waals surface area contributed by atoms with E-state index in [4.69, 9.17) is 29.6 Å². The van der Waals surface area contributed by atoms with Crippen LogP contribution in [-0.2, 0) is 4.79 Å². The third-order valence-electron chi connectivity index (χ3n) is 2.87. The molecular weight excluding hydrogens is 270 g/mol. The molecule has 0 aliphatic carbocycles.